The molecule has 0 N–H and O–H groups in total. The van der Waals surface area contributed by atoms with Gasteiger partial charge < -0.3 is 4.74 Å². The first-order valence-corrected chi connectivity index (χ1v) is 7.57. The van der Waals surface area contributed by atoms with Crippen LogP contribution >= 0.6 is 0 Å². The van der Waals surface area contributed by atoms with E-state index in [0.29, 0.717) is 5.56 Å². The Morgan fingerprint density at radius 1 is 1.09 bits per heavy atom. The Morgan fingerprint density at radius 2 is 1.77 bits per heavy atom. The van der Waals surface area contributed by atoms with Crippen LogP contribution in [0.1, 0.15) is 42.6 Å². The molecule has 0 aromatic heterocycles. The zero-order valence-corrected chi connectivity index (χ0v) is 13.1. The maximum Gasteiger partial charge on any atom is 0.159 e. The molecule has 2 aromatic carbocycles. The highest BCUT2D eigenvalue weighted by atomic mass is 16.5. The van der Waals surface area contributed by atoms with E-state index in [1.807, 2.05) is 36.4 Å². The zero-order chi connectivity index (χ0) is 15.8. The topological polar surface area (TPSA) is 38.7 Å². The summed E-state index contributed by atoms with van der Waals surface area (Å²) in [4.78, 5) is 15.6. The van der Waals surface area contributed by atoms with Gasteiger partial charge in [0.05, 0.1) is 12.3 Å². The van der Waals surface area contributed by atoms with Crippen LogP contribution in [0, 0.1) is 0 Å². The van der Waals surface area contributed by atoms with E-state index in [1.54, 1.807) is 25.3 Å². The molecule has 114 valence electrons. The third kappa shape index (κ3) is 4.85. The summed E-state index contributed by atoms with van der Waals surface area (Å²) in [5.41, 5.74) is 2.54. The minimum absolute atomic E-state index is 0.0641. The van der Waals surface area contributed by atoms with Gasteiger partial charge in [-0.15, -0.1) is 0 Å². The minimum atomic E-state index is 0.0641. The standard InChI is InChI=1S/C19H21NO2/c1-3-4-13-22-19-11-5-16(6-12-19)14-20-18-9-7-17(8-10-18)15(2)21/h5-12,14H,3-4,13H2,1-2H3. The summed E-state index contributed by atoms with van der Waals surface area (Å²) in [5.74, 6) is 0.950. The van der Waals surface area contributed by atoms with Crippen LogP contribution in [0.15, 0.2) is 53.5 Å². The number of nitrogens with zero attached hydrogens (tertiary/aromatic N) is 1. The zero-order valence-electron chi connectivity index (χ0n) is 13.1. The molecule has 0 bridgehead atoms. The molecule has 0 aliphatic carbocycles. The minimum Gasteiger partial charge on any atom is -0.494 e. The van der Waals surface area contributed by atoms with Crippen molar-refractivity contribution in [1.82, 2.24) is 0 Å². The molecule has 0 saturated heterocycles. The van der Waals surface area contributed by atoms with E-state index in [9.17, 15) is 4.79 Å². The average molecular weight is 295 g/mol. The highest BCUT2D eigenvalue weighted by molar-refractivity contribution is 5.94. The van der Waals surface area contributed by atoms with Crippen molar-refractivity contribution in [2.24, 2.45) is 4.99 Å². The number of ketones is 1. The molecular weight excluding hydrogens is 274 g/mol. The van der Waals surface area contributed by atoms with Gasteiger partial charge in [0.1, 0.15) is 5.75 Å². The Balaban J connectivity index is 1.96. The highest BCUT2D eigenvalue weighted by Crippen LogP contribution is 2.15. The molecule has 0 heterocycles. The number of hydrogen-bond acceptors (Lipinski definition) is 3. The lowest BCUT2D eigenvalue weighted by molar-refractivity contribution is 0.101. The fourth-order valence-corrected chi connectivity index (χ4v) is 1.92. The van der Waals surface area contributed by atoms with Crippen LogP contribution in [0.3, 0.4) is 0 Å². The van der Waals surface area contributed by atoms with Crippen LogP contribution in [0.2, 0.25) is 0 Å². The van der Waals surface area contributed by atoms with E-state index in [4.69, 9.17) is 4.74 Å². The Labute approximate surface area is 131 Å². The van der Waals surface area contributed by atoms with Gasteiger partial charge in [0.25, 0.3) is 0 Å². The Morgan fingerprint density at radius 3 is 2.36 bits per heavy atom. The van der Waals surface area contributed by atoms with Gasteiger partial charge in [-0.25, -0.2) is 0 Å². The van der Waals surface area contributed by atoms with Crippen LogP contribution in [0.25, 0.3) is 0 Å². The van der Waals surface area contributed by atoms with Crippen molar-refractivity contribution >= 4 is 17.7 Å². The number of ether oxygens (including phenoxy) is 1. The lowest BCUT2D eigenvalue weighted by Crippen LogP contribution is -1.96. The van der Waals surface area contributed by atoms with Gasteiger partial charge in [0, 0.05) is 11.8 Å². The van der Waals surface area contributed by atoms with Crippen LogP contribution in [-0.2, 0) is 0 Å². The maximum absolute atomic E-state index is 11.2. The third-order valence-electron chi connectivity index (χ3n) is 3.28. The van der Waals surface area contributed by atoms with Crippen LogP contribution < -0.4 is 4.74 Å². The van der Waals surface area contributed by atoms with Gasteiger partial charge in [-0.05, 0) is 67.4 Å². The Bertz CT molecular complexity index is 627. The monoisotopic (exact) mass is 295 g/mol. The predicted octanol–water partition coefficient (Wildman–Crippen LogP) is 4.82. The number of unbranched alkanes of at least 4 members (excludes halogenated alkanes) is 1. The second-order valence-corrected chi connectivity index (χ2v) is 5.13. The lowest BCUT2D eigenvalue weighted by atomic mass is 10.1. The van der Waals surface area contributed by atoms with E-state index < -0.39 is 0 Å². The highest BCUT2D eigenvalue weighted by Gasteiger charge is 1.98. The van der Waals surface area contributed by atoms with Crippen LogP contribution in [0.5, 0.6) is 5.75 Å². The normalized spacial score (nSPS) is 10.8. The molecule has 2 aromatic rings. The molecule has 3 nitrogen and oxygen atoms in total. The number of aliphatic imine (C=N–C) groups is 1. The molecule has 0 atom stereocenters. The first-order valence-electron chi connectivity index (χ1n) is 7.57. The number of rotatable bonds is 7. The average Bonchev–Trinajstić information content (AvgIpc) is 2.55. The molecule has 3 heteroatoms. The largest absolute Gasteiger partial charge is 0.494 e. The fourth-order valence-electron chi connectivity index (χ4n) is 1.92. The number of hydrogen-bond donors (Lipinski definition) is 0. The van der Waals surface area contributed by atoms with Gasteiger partial charge in [-0.1, -0.05) is 13.3 Å². The molecular formula is C19H21NO2. The van der Waals surface area contributed by atoms with Crippen molar-refractivity contribution in [3.8, 4) is 5.75 Å². The van der Waals surface area contributed by atoms with Gasteiger partial charge in [-0.2, -0.15) is 0 Å². The summed E-state index contributed by atoms with van der Waals surface area (Å²) in [6.07, 6.45) is 4.01. The first-order chi connectivity index (χ1) is 10.7. The van der Waals surface area contributed by atoms with E-state index in [0.717, 1.165) is 36.4 Å². The predicted molar refractivity (Wildman–Crippen MR) is 90.5 cm³/mol. The van der Waals surface area contributed by atoms with Gasteiger partial charge in [0.15, 0.2) is 5.78 Å². The van der Waals surface area contributed by atoms with E-state index in [2.05, 4.69) is 11.9 Å². The smallest absolute Gasteiger partial charge is 0.159 e. The molecule has 0 unspecified atom stereocenters. The second-order valence-electron chi connectivity index (χ2n) is 5.13. The summed E-state index contributed by atoms with van der Waals surface area (Å²) in [6, 6.07) is 15.1. The van der Waals surface area contributed by atoms with E-state index >= 15 is 0 Å². The fraction of sp³-hybridized carbons (Fsp3) is 0.263. The maximum atomic E-state index is 11.2. The SMILES string of the molecule is CCCCOc1ccc(C=Nc2ccc(C(C)=O)cc2)cc1. The summed E-state index contributed by atoms with van der Waals surface area (Å²) in [7, 11) is 0. The quantitative estimate of drug-likeness (QED) is 0.417. The summed E-state index contributed by atoms with van der Waals surface area (Å²) >= 11 is 0. The molecule has 0 radical (unpaired) electrons. The van der Waals surface area contributed by atoms with Gasteiger partial charge >= 0.3 is 0 Å². The first kappa shape index (κ1) is 16.0. The molecule has 0 amide bonds. The third-order valence-corrected chi connectivity index (χ3v) is 3.28. The van der Waals surface area contributed by atoms with Crippen molar-refractivity contribution in [2.45, 2.75) is 26.7 Å². The molecule has 22 heavy (non-hydrogen) atoms. The lowest BCUT2D eigenvalue weighted by Gasteiger charge is -2.04. The van der Waals surface area contributed by atoms with Crippen molar-refractivity contribution in [3.05, 3.63) is 59.7 Å². The van der Waals surface area contributed by atoms with Crippen molar-refractivity contribution in [3.63, 3.8) is 0 Å². The van der Waals surface area contributed by atoms with Crippen molar-refractivity contribution < 1.29 is 9.53 Å². The number of carbonyl (C=O) groups is 1. The number of carbonyl (C=O) groups excluding carboxylic acids is 1. The van der Waals surface area contributed by atoms with Crippen molar-refractivity contribution in [1.29, 1.82) is 0 Å². The second kappa shape index (κ2) is 8.13. The molecule has 0 aliphatic heterocycles. The molecule has 0 aliphatic rings. The Hall–Kier alpha value is -2.42. The Kier molecular flexibility index (Phi) is 5.90. The van der Waals surface area contributed by atoms with Gasteiger partial charge in [-0.3, -0.25) is 9.79 Å². The molecule has 0 fully saturated rings. The summed E-state index contributed by atoms with van der Waals surface area (Å²) in [5, 5.41) is 0. The molecule has 2 rings (SSSR count). The van der Waals surface area contributed by atoms with Crippen LogP contribution in [0.4, 0.5) is 5.69 Å². The van der Waals surface area contributed by atoms with Crippen LogP contribution in [-0.4, -0.2) is 18.6 Å². The summed E-state index contributed by atoms with van der Waals surface area (Å²) in [6.45, 7) is 4.46. The summed E-state index contributed by atoms with van der Waals surface area (Å²) < 4.78 is 5.62. The molecule has 0 spiro atoms. The van der Waals surface area contributed by atoms with Gasteiger partial charge in [0.2, 0.25) is 0 Å². The van der Waals surface area contributed by atoms with E-state index in [1.165, 1.54) is 0 Å². The van der Waals surface area contributed by atoms with Crippen molar-refractivity contribution in [2.75, 3.05) is 6.61 Å². The molecule has 0 saturated carbocycles. The number of benzene rings is 2. The van der Waals surface area contributed by atoms with E-state index in [-0.39, 0.29) is 5.78 Å². The number of Topliss-reactive ketones (excluding diaryl/α,β-unsaturated/α-hetero) is 1.